The molecule has 0 aromatic heterocycles. The zero-order chi connectivity index (χ0) is 13.7. The second-order valence-corrected chi connectivity index (χ2v) is 5.50. The van der Waals surface area contributed by atoms with Crippen LogP contribution in [0.25, 0.3) is 0 Å². The molecule has 0 radical (unpaired) electrons. The van der Waals surface area contributed by atoms with Crippen molar-refractivity contribution in [2.75, 3.05) is 6.61 Å². The monoisotopic (exact) mass is 249 g/mol. The molecule has 0 heterocycles. The molecule has 1 aromatic carbocycles. The number of ether oxygens (including phenoxy) is 1. The molecule has 0 fully saturated rings. The summed E-state index contributed by atoms with van der Waals surface area (Å²) in [7, 11) is 0. The van der Waals surface area contributed by atoms with Crippen molar-refractivity contribution in [2.45, 2.75) is 59.4 Å². The minimum absolute atomic E-state index is 0.200. The van der Waals surface area contributed by atoms with Gasteiger partial charge in [-0.2, -0.15) is 0 Å². The van der Waals surface area contributed by atoms with Crippen LogP contribution < -0.4 is 10.5 Å². The predicted octanol–water partition coefficient (Wildman–Crippen LogP) is 3.80. The minimum Gasteiger partial charge on any atom is -0.493 e. The SMILES string of the molecule is CCCOc1cc(C)c(CC(C)N)cc1C(C)C. The number of hydrogen-bond donors (Lipinski definition) is 1. The van der Waals surface area contributed by atoms with Gasteiger partial charge < -0.3 is 10.5 Å². The lowest BCUT2D eigenvalue weighted by Gasteiger charge is -2.18. The van der Waals surface area contributed by atoms with Crippen LogP contribution in [0.15, 0.2) is 12.1 Å². The van der Waals surface area contributed by atoms with Crippen molar-refractivity contribution >= 4 is 0 Å². The summed E-state index contributed by atoms with van der Waals surface area (Å²) in [6.45, 7) is 11.5. The molecule has 2 heteroatoms. The number of nitrogens with two attached hydrogens (primary N) is 1. The van der Waals surface area contributed by atoms with Gasteiger partial charge in [0.05, 0.1) is 6.61 Å². The molecule has 18 heavy (non-hydrogen) atoms. The first-order chi connectivity index (χ1) is 8.45. The van der Waals surface area contributed by atoms with E-state index < -0.39 is 0 Å². The zero-order valence-electron chi connectivity index (χ0n) is 12.4. The molecular weight excluding hydrogens is 222 g/mol. The van der Waals surface area contributed by atoms with E-state index in [0.717, 1.165) is 25.2 Å². The van der Waals surface area contributed by atoms with Crippen molar-refractivity contribution in [3.63, 3.8) is 0 Å². The lowest BCUT2D eigenvalue weighted by Crippen LogP contribution is -2.18. The minimum atomic E-state index is 0.200. The third-order valence-electron chi connectivity index (χ3n) is 3.09. The molecule has 0 saturated carbocycles. The second-order valence-electron chi connectivity index (χ2n) is 5.50. The van der Waals surface area contributed by atoms with E-state index in [1.165, 1.54) is 16.7 Å². The Morgan fingerprint density at radius 1 is 1.22 bits per heavy atom. The van der Waals surface area contributed by atoms with Crippen LogP contribution in [0, 0.1) is 6.92 Å². The average Bonchev–Trinajstić information content (AvgIpc) is 2.28. The van der Waals surface area contributed by atoms with Gasteiger partial charge in [0.25, 0.3) is 0 Å². The van der Waals surface area contributed by atoms with Gasteiger partial charge in [-0.1, -0.05) is 26.8 Å². The van der Waals surface area contributed by atoms with Crippen LogP contribution in [-0.2, 0) is 6.42 Å². The summed E-state index contributed by atoms with van der Waals surface area (Å²) in [4.78, 5) is 0. The fourth-order valence-corrected chi connectivity index (χ4v) is 2.10. The van der Waals surface area contributed by atoms with Gasteiger partial charge in [0.15, 0.2) is 0 Å². The third-order valence-corrected chi connectivity index (χ3v) is 3.09. The summed E-state index contributed by atoms with van der Waals surface area (Å²) in [6.07, 6.45) is 1.97. The summed E-state index contributed by atoms with van der Waals surface area (Å²) in [6, 6.07) is 4.64. The highest BCUT2D eigenvalue weighted by Gasteiger charge is 2.12. The average molecular weight is 249 g/mol. The molecule has 2 nitrogen and oxygen atoms in total. The van der Waals surface area contributed by atoms with Crippen molar-refractivity contribution in [3.8, 4) is 5.75 Å². The highest BCUT2D eigenvalue weighted by molar-refractivity contribution is 5.44. The Kier molecular flexibility index (Phi) is 5.67. The Morgan fingerprint density at radius 2 is 1.89 bits per heavy atom. The Morgan fingerprint density at radius 3 is 2.39 bits per heavy atom. The van der Waals surface area contributed by atoms with E-state index in [9.17, 15) is 0 Å². The van der Waals surface area contributed by atoms with Crippen LogP contribution in [0.3, 0.4) is 0 Å². The smallest absolute Gasteiger partial charge is 0.123 e. The zero-order valence-corrected chi connectivity index (χ0v) is 12.4. The summed E-state index contributed by atoms with van der Waals surface area (Å²) in [5.41, 5.74) is 9.83. The van der Waals surface area contributed by atoms with Crippen molar-refractivity contribution in [1.29, 1.82) is 0 Å². The topological polar surface area (TPSA) is 35.2 Å². The standard InChI is InChI=1S/C16H27NO/c1-6-7-18-16-8-12(4)14(9-13(5)17)10-15(16)11(2)3/h8,10-11,13H,6-7,9,17H2,1-5H3. The van der Waals surface area contributed by atoms with Crippen LogP contribution in [-0.4, -0.2) is 12.6 Å². The van der Waals surface area contributed by atoms with Crippen LogP contribution in [0.2, 0.25) is 0 Å². The first kappa shape index (κ1) is 15.0. The molecule has 0 aliphatic carbocycles. The molecule has 1 rings (SSSR count). The van der Waals surface area contributed by atoms with Gasteiger partial charge in [0.2, 0.25) is 0 Å². The summed E-state index contributed by atoms with van der Waals surface area (Å²) < 4.78 is 5.86. The largest absolute Gasteiger partial charge is 0.493 e. The van der Waals surface area contributed by atoms with E-state index >= 15 is 0 Å². The molecule has 0 saturated heterocycles. The molecule has 1 atom stereocenters. The van der Waals surface area contributed by atoms with Crippen LogP contribution in [0.4, 0.5) is 0 Å². The second kappa shape index (κ2) is 6.79. The van der Waals surface area contributed by atoms with E-state index in [4.69, 9.17) is 10.5 Å². The number of benzene rings is 1. The maximum Gasteiger partial charge on any atom is 0.123 e. The van der Waals surface area contributed by atoms with Gasteiger partial charge in [0, 0.05) is 6.04 Å². The molecule has 102 valence electrons. The summed E-state index contributed by atoms with van der Waals surface area (Å²) in [5.74, 6) is 1.52. The van der Waals surface area contributed by atoms with Crippen molar-refractivity contribution < 1.29 is 4.74 Å². The summed E-state index contributed by atoms with van der Waals surface area (Å²) >= 11 is 0. The van der Waals surface area contributed by atoms with Crippen molar-refractivity contribution in [2.24, 2.45) is 5.73 Å². The van der Waals surface area contributed by atoms with Crippen LogP contribution in [0.1, 0.15) is 56.7 Å². The molecule has 0 aliphatic heterocycles. The quantitative estimate of drug-likeness (QED) is 0.832. The molecule has 0 bridgehead atoms. The maximum atomic E-state index is 5.91. The molecule has 1 aromatic rings. The molecule has 1 unspecified atom stereocenters. The highest BCUT2D eigenvalue weighted by Crippen LogP contribution is 2.30. The van der Waals surface area contributed by atoms with Crippen LogP contribution >= 0.6 is 0 Å². The molecule has 0 aliphatic rings. The van der Waals surface area contributed by atoms with Gasteiger partial charge in [-0.05, 0) is 55.4 Å². The third kappa shape index (κ3) is 4.02. The van der Waals surface area contributed by atoms with Gasteiger partial charge in [0.1, 0.15) is 5.75 Å². The van der Waals surface area contributed by atoms with E-state index in [1.807, 2.05) is 0 Å². The molecule has 0 amide bonds. The lowest BCUT2D eigenvalue weighted by atomic mass is 9.94. The van der Waals surface area contributed by atoms with Crippen molar-refractivity contribution in [1.82, 2.24) is 0 Å². The van der Waals surface area contributed by atoms with Crippen LogP contribution in [0.5, 0.6) is 5.75 Å². The molecular formula is C16H27NO. The number of rotatable bonds is 6. The van der Waals surface area contributed by atoms with Crippen molar-refractivity contribution in [3.05, 3.63) is 28.8 Å². The molecule has 0 spiro atoms. The first-order valence-electron chi connectivity index (χ1n) is 6.97. The molecule has 2 N–H and O–H groups in total. The lowest BCUT2D eigenvalue weighted by molar-refractivity contribution is 0.312. The number of aryl methyl sites for hydroxylation is 1. The van der Waals surface area contributed by atoms with E-state index in [-0.39, 0.29) is 6.04 Å². The highest BCUT2D eigenvalue weighted by atomic mass is 16.5. The number of hydrogen-bond acceptors (Lipinski definition) is 2. The fraction of sp³-hybridized carbons (Fsp3) is 0.625. The van der Waals surface area contributed by atoms with E-state index in [2.05, 4.69) is 46.8 Å². The predicted molar refractivity (Wildman–Crippen MR) is 78.4 cm³/mol. The Balaban J connectivity index is 3.08. The summed E-state index contributed by atoms with van der Waals surface area (Å²) in [5, 5.41) is 0. The first-order valence-corrected chi connectivity index (χ1v) is 6.97. The van der Waals surface area contributed by atoms with Gasteiger partial charge >= 0.3 is 0 Å². The van der Waals surface area contributed by atoms with E-state index in [1.54, 1.807) is 0 Å². The Bertz CT molecular complexity index is 383. The Labute approximate surface area is 112 Å². The van der Waals surface area contributed by atoms with Gasteiger partial charge in [-0.3, -0.25) is 0 Å². The fourth-order valence-electron chi connectivity index (χ4n) is 2.10. The maximum absolute atomic E-state index is 5.91. The Hall–Kier alpha value is -1.02. The normalized spacial score (nSPS) is 12.8. The van der Waals surface area contributed by atoms with Gasteiger partial charge in [-0.25, -0.2) is 0 Å². The van der Waals surface area contributed by atoms with Gasteiger partial charge in [-0.15, -0.1) is 0 Å². The van der Waals surface area contributed by atoms with E-state index in [0.29, 0.717) is 5.92 Å².